The quantitative estimate of drug-likeness (QED) is 0.670. The molecule has 9 heteroatoms. The van der Waals surface area contributed by atoms with Crippen LogP contribution < -0.4 is 4.72 Å². The SMILES string of the molecule is O=C1CCC(NS(=O)(=O)c2ccc(Cl)cc2[N+](=O)[O-])CC1. The fourth-order valence-electron chi connectivity index (χ4n) is 2.20. The van der Waals surface area contributed by atoms with E-state index < -0.39 is 25.5 Å². The van der Waals surface area contributed by atoms with Crippen molar-refractivity contribution >= 4 is 33.1 Å². The van der Waals surface area contributed by atoms with Gasteiger partial charge in [0.25, 0.3) is 5.69 Å². The van der Waals surface area contributed by atoms with Crippen molar-refractivity contribution in [2.24, 2.45) is 0 Å². The average Bonchev–Trinajstić information content (AvgIpc) is 2.40. The van der Waals surface area contributed by atoms with E-state index >= 15 is 0 Å². The largest absolute Gasteiger partial charge is 0.300 e. The molecule has 0 amide bonds. The molecule has 0 spiro atoms. The summed E-state index contributed by atoms with van der Waals surface area (Å²) in [5, 5.41) is 11.1. The Hall–Kier alpha value is -1.51. The number of halogens is 1. The number of ketones is 1. The van der Waals surface area contributed by atoms with Gasteiger partial charge in [-0.1, -0.05) is 11.6 Å². The van der Waals surface area contributed by atoms with E-state index in [1.165, 1.54) is 6.07 Å². The lowest BCUT2D eigenvalue weighted by atomic mass is 9.95. The zero-order chi connectivity index (χ0) is 15.6. The maximum atomic E-state index is 12.3. The maximum absolute atomic E-state index is 12.3. The molecule has 7 nitrogen and oxygen atoms in total. The van der Waals surface area contributed by atoms with E-state index in [9.17, 15) is 23.3 Å². The van der Waals surface area contributed by atoms with Gasteiger partial charge in [-0.05, 0) is 25.0 Å². The highest BCUT2D eigenvalue weighted by molar-refractivity contribution is 7.89. The van der Waals surface area contributed by atoms with Crippen LogP contribution in [0.1, 0.15) is 25.7 Å². The number of nitrogens with one attached hydrogen (secondary N) is 1. The third-order valence-corrected chi connectivity index (χ3v) is 5.08. The first-order valence-electron chi connectivity index (χ1n) is 6.27. The second kappa shape index (κ2) is 6.08. The number of nitro groups is 1. The molecule has 0 bridgehead atoms. The summed E-state index contributed by atoms with van der Waals surface area (Å²) in [6, 6.07) is 3.01. The number of Topliss-reactive ketones (excluding diaryl/α,β-unsaturated/α-hetero) is 1. The van der Waals surface area contributed by atoms with Gasteiger partial charge in [0.1, 0.15) is 5.78 Å². The van der Waals surface area contributed by atoms with E-state index in [2.05, 4.69) is 4.72 Å². The molecule has 2 rings (SSSR count). The second-order valence-corrected chi connectivity index (χ2v) is 6.92. The van der Waals surface area contributed by atoms with Crippen LogP contribution in [0.5, 0.6) is 0 Å². The van der Waals surface area contributed by atoms with E-state index in [1.807, 2.05) is 0 Å². The molecule has 1 aliphatic rings. The molecule has 1 aromatic carbocycles. The number of benzene rings is 1. The van der Waals surface area contributed by atoms with Crippen LogP contribution in [0.4, 0.5) is 5.69 Å². The lowest BCUT2D eigenvalue weighted by Crippen LogP contribution is -2.37. The highest BCUT2D eigenvalue weighted by Crippen LogP contribution is 2.28. The molecule has 1 saturated carbocycles. The van der Waals surface area contributed by atoms with Gasteiger partial charge >= 0.3 is 0 Å². The third kappa shape index (κ3) is 3.78. The van der Waals surface area contributed by atoms with E-state index in [0.29, 0.717) is 25.7 Å². The first-order valence-corrected chi connectivity index (χ1v) is 8.13. The predicted molar refractivity (Wildman–Crippen MR) is 75.7 cm³/mol. The van der Waals surface area contributed by atoms with Crippen LogP contribution in [0.3, 0.4) is 0 Å². The van der Waals surface area contributed by atoms with Gasteiger partial charge in [0.15, 0.2) is 4.90 Å². The Morgan fingerprint density at radius 2 is 1.90 bits per heavy atom. The van der Waals surface area contributed by atoms with Gasteiger partial charge in [0, 0.05) is 30.0 Å². The summed E-state index contributed by atoms with van der Waals surface area (Å²) in [5.41, 5.74) is -0.568. The molecular formula is C12H13ClN2O5S. The van der Waals surface area contributed by atoms with Crippen molar-refractivity contribution in [3.8, 4) is 0 Å². The van der Waals surface area contributed by atoms with Crippen LogP contribution in [0.15, 0.2) is 23.1 Å². The van der Waals surface area contributed by atoms with Crippen LogP contribution >= 0.6 is 11.6 Å². The van der Waals surface area contributed by atoms with Gasteiger partial charge in [-0.25, -0.2) is 13.1 Å². The molecule has 1 aromatic rings. The minimum atomic E-state index is -4.03. The van der Waals surface area contributed by atoms with Crippen molar-refractivity contribution in [2.75, 3.05) is 0 Å². The molecule has 0 unspecified atom stereocenters. The molecule has 1 aliphatic carbocycles. The third-order valence-electron chi connectivity index (χ3n) is 3.27. The second-order valence-electron chi connectivity index (χ2n) is 4.80. The van der Waals surface area contributed by atoms with Crippen molar-refractivity contribution in [2.45, 2.75) is 36.6 Å². The van der Waals surface area contributed by atoms with Gasteiger partial charge in [-0.3, -0.25) is 14.9 Å². The molecule has 1 fully saturated rings. The standard InChI is InChI=1S/C12H13ClN2O5S/c13-8-1-6-12(11(7-8)15(17)18)21(19,20)14-9-2-4-10(16)5-3-9/h1,6-7,9,14H,2-5H2. The van der Waals surface area contributed by atoms with Gasteiger partial charge in [-0.15, -0.1) is 0 Å². The summed E-state index contributed by atoms with van der Waals surface area (Å²) in [6.45, 7) is 0. The topological polar surface area (TPSA) is 106 Å². The number of rotatable bonds is 4. The Kier molecular flexibility index (Phi) is 4.60. The molecular weight excluding hydrogens is 320 g/mol. The summed E-state index contributed by atoms with van der Waals surface area (Å²) < 4.78 is 27.0. The number of hydrogen-bond donors (Lipinski definition) is 1. The molecule has 0 radical (unpaired) electrons. The first kappa shape index (κ1) is 15.9. The normalized spacial score (nSPS) is 16.9. The number of carbonyl (C=O) groups excluding carboxylic acids is 1. The van der Waals surface area contributed by atoms with Crippen molar-refractivity contribution in [1.82, 2.24) is 4.72 Å². The Bertz CT molecular complexity index is 679. The van der Waals surface area contributed by atoms with Crippen LogP contribution in [0.25, 0.3) is 0 Å². The minimum absolute atomic E-state index is 0.0870. The molecule has 1 N–H and O–H groups in total. The number of nitrogens with zero attached hydrogens (tertiary/aromatic N) is 1. The maximum Gasteiger partial charge on any atom is 0.290 e. The van der Waals surface area contributed by atoms with E-state index in [4.69, 9.17) is 11.6 Å². The van der Waals surface area contributed by atoms with Crippen molar-refractivity contribution in [3.05, 3.63) is 33.3 Å². The minimum Gasteiger partial charge on any atom is -0.300 e. The summed E-state index contributed by atoms with van der Waals surface area (Å²) in [5.74, 6) is 0.0999. The Labute approximate surface area is 126 Å². The summed E-state index contributed by atoms with van der Waals surface area (Å²) in [6.07, 6.45) is 1.44. The molecule has 0 heterocycles. The van der Waals surface area contributed by atoms with E-state index in [1.54, 1.807) is 0 Å². The lowest BCUT2D eigenvalue weighted by molar-refractivity contribution is -0.387. The molecule has 114 valence electrons. The Morgan fingerprint density at radius 1 is 1.29 bits per heavy atom. The van der Waals surface area contributed by atoms with Gasteiger partial charge in [-0.2, -0.15) is 0 Å². The van der Waals surface area contributed by atoms with Crippen molar-refractivity contribution in [1.29, 1.82) is 0 Å². The fraction of sp³-hybridized carbons (Fsp3) is 0.417. The van der Waals surface area contributed by atoms with Crippen LogP contribution in [-0.4, -0.2) is 25.2 Å². The monoisotopic (exact) mass is 332 g/mol. The molecule has 0 atom stereocenters. The lowest BCUT2D eigenvalue weighted by Gasteiger charge is -2.21. The number of hydrogen-bond acceptors (Lipinski definition) is 5. The first-order chi connectivity index (χ1) is 9.79. The van der Waals surface area contributed by atoms with Gasteiger partial charge in [0.05, 0.1) is 4.92 Å². The highest BCUT2D eigenvalue weighted by atomic mass is 35.5. The molecule has 21 heavy (non-hydrogen) atoms. The average molecular weight is 333 g/mol. The van der Waals surface area contributed by atoms with E-state index in [-0.39, 0.29) is 16.8 Å². The summed E-state index contributed by atoms with van der Waals surface area (Å²) in [7, 11) is -4.03. The molecule has 0 aromatic heterocycles. The van der Waals surface area contributed by atoms with Crippen LogP contribution in [0, 0.1) is 10.1 Å². The summed E-state index contributed by atoms with van der Waals surface area (Å²) in [4.78, 5) is 20.9. The van der Waals surface area contributed by atoms with E-state index in [0.717, 1.165) is 12.1 Å². The van der Waals surface area contributed by atoms with Crippen LogP contribution in [0.2, 0.25) is 5.02 Å². The zero-order valence-electron chi connectivity index (χ0n) is 10.9. The smallest absolute Gasteiger partial charge is 0.290 e. The summed E-state index contributed by atoms with van der Waals surface area (Å²) >= 11 is 5.66. The molecule has 0 aliphatic heterocycles. The number of carbonyl (C=O) groups is 1. The highest BCUT2D eigenvalue weighted by Gasteiger charge is 2.29. The zero-order valence-corrected chi connectivity index (χ0v) is 12.5. The number of sulfonamides is 1. The Balaban J connectivity index is 2.27. The van der Waals surface area contributed by atoms with Gasteiger partial charge in [0.2, 0.25) is 10.0 Å². The Morgan fingerprint density at radius 3 is 2.48 bits per heavy atom. The van der Waals surface area contributed by atoms with Crippen molar-refractivity contribution in [3.63, 3.8) is 0 Å². The fourth-order valence-corrected chi connectivity index (χ4v) is 3.82. The van der Waals surface area contributed by atoms with Crippen molar-refractivity contribution < 1.29 is 18.1 Å². The number of nitro benzene ring substituents is 1. The van der Waals surface area contributed by atoms with Gasteiger partial charge < -0.3 is 0 Å². The predicted octanol–water partition coefficient (Wildman–Crippen LogP) is 2.04. The molecule has 0 saturated heterocycles. The van der Waals surface area contributed by atoms with Crippen LogP contribution in [-0.2, 0) is 14.8 Å².